The van der Waals surface area contributed by atoms with Gasteiger partial charge in [0.25, 0.3) is 5.56 Å². The van der Waals surface area contributed by atoms with Crippen molar-refractivity contribution >= 4 is 28.4 Å². The average Bonchev–Trinajstić information content (AvgIpc) is 3.61. The van der Waals surface area contributed by atoms with Crippen LogP contribution in [0, 0.1) is 0 Å². The molecule has 1 amide bonds. The fourth-order valence-corrected chi connectivity index (χ4v) is 5.37. The molecule has 0 spiro atoms. The maximum Gasteiger partial charge on any atom is 0.333 e. The number of carbonyl (C=O) groups excluding carboxylic acids is 1. The molecule has 0 unspecified atom stereocenters. The Bertz CT molecular complexity index is 1410. The van der Waals surface area contributed by atoms with Crippen molar-refractivity contribution in [3.63, 3.8) is 0 Å². The van der Waals surface area contributed by atoms with Crippen LogP contribution in [-0.2, 0) is 24.4 Å². The number of imidazole rings is 1. The number of carbonyl (C=O) groups is 1. The van der Waals surface area contributed by atoms with Gasteiger partial charge in [-0.25, -0.2) is 14.3 Å². The number of nitrogens with zero attached hydrogens (tertiary/aromatic N) is 5. The summed E-state index contributed by atoms with van der Waals surface area (Å²) in [6, 6.07) is 11.7. The van der Waals surface area contributed by atoms with E-state index in [0.717, 1.165) is 41.4 Å². The largest absolute Gasteiger partial charge is 0.340 e. The Hall–Kier alpha value is -3.46. The first-order chi connectivity index (χ1) is 16.5. The molecule has 5 rings (SSSR count). The van der Waals surface area contributed by atoms with Crippen LogP contribution in [0.4, 0.5) is 0 Å². The van der Waals surface area contributed by atoms with Gasteiger partial charge in [-0.1, -0.05) is 43.2 Å². The van der Waals surface area contributed by atoms with E-state index in [1.54, 1.807) is 29.6 Å². The second kappa shape index (κ2) is 9.42. The molecule has 0 N–H and O–H groups in total. The van der Waals surface area contributed by atoms with E-state index < -0.39 is 11.2 Å². The third-order valence-corrected chi connectivity index (χ3v) is 7.29. The summed E-state index contributed by atoms with van der Waals surface area (Å²) in [6.45, 7) is 0.396. The third kappa shape index (κ3) is 4.23. The first-order valence-corrected chi connectivity index (χ1v) is 12.5. The second-order valence-corrected chi connectivity index (χ2v) is 9.67. The maximum atomic E-state index is 13.6. The molecule has 3 heterocycles. The Labute approximate surface area is 200 Å². The summed E-state index contributed by atoms with van der Waals surface area (Å²) in [5.74, 6) is -0.289. The summed E-state index contributed by atoms with van der Waals surface area (Å²) in [7, 11) is 1.69. The first kappa shape index (κ1) is 22.3. The van der Waals surface area contributed by atoms with Gasteiger partial charge in [-0.15, -0.1) is 0 Å². The fourth-order valence-electron chi connectivity index (χ4n) is 4.71. The Morgan fingerprint density at radius 1 is 1.09 bits per heavy atom. The highest BCUT2D eigenvalue weighted by atomic mass is 32.1. The summed E-state index contributed by atoms with van der Waals surface area (Å²) in [5.41, 5.74) is 1.75. The minimum atomic E-state index is -0.518. The molecule has 1 saturated carbocycles. The minimum Gasteiger partial charge on any atom is -0.340 e. The van der Waals surface area contributed by atoms with Gasteiger partial charge in [0.1, 0.15) is 6.54 Å². The van der Waals surface area contributed by atoms with E-state index in [0.29, 0.717) is 17.7 Å². The molecule has 1 aliphatic rings. The minimum absolute atomic E-state index is 0.186. The van der Waals surface area contributed by atoms with Crippen molar-refractivity contribution in [1.82, 2.24) is 23.6 Å². The Kier molecular flexibility index (Phi) is 6.19. The van der Waals surface area contributed by atoms with Crippen LogP contribution in [0.1, 0.15) is 42.9 Å². The van der Waals surface area contributed by atoms with Crippen LogP contribution in [0.25, 0.3) is 11.2 Å². The molecule has 0 aliphatic heterocycles. The van der Waals surface area contributed by atoms with Gasteiger partial charge < -0.3 is 9.47 Å². The van der Waals surface area contributed by atoms with E-state index in [1.165, 1.54) is 4.57 Å². The standard InChI is InChI=1S/C25H27N5O3S/c1-27(13-19-11-12-34-16-19)21(31)15-29-24(32)22-23(26-17-30(22)20-9-5-6-10-20)28(25(29)33)14-18-7-3-2-4-8-18/h2-4,7-8,11-12,16-17,20H,5-6,9-10,13-15H2,1H3. The maximum absolute atomic E-state index is 13.6. The van der Waals surface area contributed by atoms with Gasteiger partial charge in [0, 0.05) is 19.6 Å². The van der Waals surface area contributed by atoms with Crippen LogP contribution in [0.2, 0.25) is 0 Å². The lowest BCUT2D eigenvalue weighted by atomic mass is 10.2. The van der Waals surface area contributed by atoms with E-state index in [-0.39, 0.29) is 25.0 Å². The molecule has 0 radical (unpaired) electrons. The summed E-state index contributed by atoms with van der Waals surface area (Å²) in [5, 5.41) is 3.94. The van der Waals surface area contributed by atoms with Gasteiger partial charge in [-0.3, -0.25) is 14.2 Å². The highest BCUT2D eigenvalue weighted by molar-refractivity contribution is 7.07. The molecule has 1 aromatic carbocycles. The molecule has 8 nitrogen and oxygen atoms in total. The Balaban J connectivity index is 1.58. The number of hydrogen-bond donors (Lipinski definition) is 0. The third-order valence-electron chi connectivity index (χ3n) is 6.56. The predicted molar refractivity (Wildman–Crippen MR) is 132 cm³/mol. The van der Waals surface area contributed by atoms with Gasteiger partial charge in [0.2, 0.25) is 5.91 Å². The quantitative estimate of drug-likeness (QED) is 0.409. The van der Waals surface area contributed by atoms with Crippen molar-refractivity contribution < 1.29 is 4.79 Å². The van der Waals surface area contributed by atoms with Crippen LogP contribution in [0.3, 0.4) is 0 Å². The van der Waals surface area contributed by atoms with Crippen molar-refractivity contribution in [2.75, 3.05) is 7.05 Å². The van der Waals surface area contributed by atoms with Crippen molar-refractivity contribution in [1.29, 1.82) is 0 Å². The lowest BCUT2D eigenvalue weighted by Gasteiger charge is -2.18. The number of hydrogen-bond acceptors (Lipinski definition) is 5. The highest BCUT2D eigenvalue weighted by Gasteiger charge is 2.25. The topological polar surface area (TPSA) is 82.1 Å². The molecule has 1 fully saturated rings. The second-order valence-electron chi connectivity index (χ2n) is 8.89. The molecular formula is C25H27N5O3S. The number of aromatic nitrogens is 4. The van der Waals surface area contributed by atoms with Gasteiger partial charge >= 0.3 is 5.69 Å². The van der Waals surface area contributed by atoms with E-state index in [1.807, 2.05) is 51.7 Å². The molecule has 4 aromatic rings. The molecule has 176 valence electrons. The van der Waals surface area contributed by atoms with Crippen LogP contribution in [-0.4, -0.2) is 36.5 Å². The summed E-state index contributed by atoms with van der Waals surface area (Å²) >= 11 is 1.56. The van der Waals surface area contributed by atoms with Crippen molar-refractivity contribution in [2.45, 2.75) is 51.4 Å². The van der Waals surface area contributed by atoms with E-state index in [2.05, 4.69) is 4.98 Å². The molecule has 0 saturated heterocycles. The number of thiophene rings is 1. The molecule has 34 heavy (non-hydrogen) atoms. The van der Waals surface area contributed by atoms with Crippen molar-refractivity contribution in [3.8, 4) is 0 Å². The van der Waals surface area contributed by atoms with Crippen molar-refractivity contribution in [2.24, 2.45) is 0 Å². The smallest absolute Gasteiger partial charge is 0.333 e. The average molecular weight is 478 g/mol. The SMILES string of the molecule is CN(Cc1ccsc1)C(=O)Cn1c(=O)c2c(ncn2C2CCCC2)n(Cc2ccccc2)c1=O. The van der Waals surface area contributed by atoms with Crippen molar-refractivity contribution in [3.05, 3.63) is 85.5 Å². The molecule has 3 aromatic heterocycles. The number of rotatable bonds is 7. The molecule has 0 bridgehead atoms. The summed E-state index contributed by atoms with van der Waals surface area (Å²) < 4.78 is 4.51. The van der Waals surface area contributed by atoms with E-state index in [4.69, 9.17) is 0 Å². The van der Waals surface area contributed by atoms with Gasteiger partial charge in [0.05, 0.1) is 12.9 Å². The van der Waals surface area contributed by atoms with Crippen LogP contribution in [0.5, 0.6) is 0 Å². The van der Waals surface area contributed by atoms with E-state index in [9.17, 15) is 14.4 Å². The number of benzene rings is 1. The number of amides is 1. The number of likely N-dealkylation sites (N-methyl/N-ethyl adjacent to an activating group) is 1. The predicted octanol–water partition coefficient (Wildman–Crippen LogP) is 3.24. The highest BCUT2D eigenvalue weighted by Crippen LogP contribution is 2.31. The lowest BCUT2D eigenvalue weighted by Crippen LogP contribution is -2.44. The molecule has 0 atom stereocenters. The van der Waals surface area contributed by atoms with Gasteiger partial charge in [-0.05, 0) is 40.8 Å². The Morgan fingerprint density at radius 2 is 1.85 bits per heavy atom. The van der Waals surface area contributed by atoms with E-state index >= 15 is 0 Å². The Morgan fingerprint density at radius 3 is 2.56 bits per heavy atom. The first-order valence-electron chi connectivity index (χ1n) is 11.5. The molecule has 1 aliphatic carbocycles. The van der Waals surface area contributed by atoms with Crippen LogP contribution < -0.4 is 11.2 Å². The number of fused-ring (bicyclic) bond motifs is 1. The zero-order valence-corrected chi connectivity index (χ0v) is 19.9. The van der Waals surface area contributed by atoms with Gasteiger partial charge in [0.15, 0.2) is 11.2 Å². The fraction of sp³-hybridized carbons (Fsp3) is 0.360. The monoisotopic (exact) mass is 477 g/mol. The molecule has 9 heteroatoms. The summed E-state index contributed by atoms with van der Waals surface area (Å²) in [6.07, 6.45) is 5.84. The normalized spacial score (nSPS) is 14.1. The molecular weight excluding hydrogens is 450 g/mol. The van der Waals surface area contributed by atoms with Crippen LogP contribution >= 0.6 is 11.3 Å². The zero-order chi connectivity index (χ0) is 23.7. The summed E-state index contributed by atoms with van der Waals surface area (Å²) in [4.78, 5) is 46.2. The van der Waals surface area contributed by atoms with Gasteiger partial charge in [-0.2, -0.15) is 11.3 Å². The van der Waals surface area contributed by atoms with Crippen LogP contribution in [0.15, 0.2) is 63.1 Å². The lowest BCUT2D eigenvalue weighted by molar-refractivity contribution is -0.131. The zero-order valence-electron chi connectivity index (χ0n) is 19.1.